The minimum absolute atomic E-state index is 0.0217. The molecule has 1 fully saturated rings. The second-order valence-electron chi connectivity index (χ2n) is 14.6. The molecule has 1 aromatic heterocycles. The highest BCUT2D eigenvalue weighted by Gasteiger charge is 2.38. The van der Waals surface area contributed by atoms with Crippen molar-refractivity contribution in [3.63, 3.8) is 0 Å². The summed E-state index contributed by atoms with van der Waals surface area (Å²) in [5.74, 6) is -3.36. The van der Waals surface area contributed by atoms with Crippen LogP contribution in [0, 0.1) is 11.8 Å². The lowest BCUT2D eigenvalue weighted by molar-refractivity contribution is -0.132. The van der Waals surface area contributed by atoms with E-state index < -0.39 is 78.1 Å². The Morgan fingerprint density at radius 2 is 1.64 bits per heavy atom. The van der Waals surface area contributed by atoms with Crippen LogP contribution < -0.4 is 15.4 Å². The van der Waals surface area contributed by atoms with Gasteiger partial charge in [0.1, 0.15) is 12.1 Å². The molecule has 282 valence electrons. The Kier molecular flexibility index (Phi) is 15.9. The molecule has 0 spiro atoms. The monoisotopic (exact) mass is 739 g/mol. The summed E-state index contributed by atoms with van der Waals surface area (Å²) >= 11 is 0. The highest BCUT2D eigenvalue weighted by molar-refractivity contribution is 7.92. The van der Waals surface area contributed by atoms with Crippen molar-refractivity contribution in [3.05, 3.63) is 54.1 Å². The Morgan fingerprint density at radius 1 is 0.960 bits per heavy atom. The normalized spacial score (nSPS) is 17.7. The summed E-state index contributed by atoms with van der Waals surface area (Å²) in [6.07, 6.45) is 6.21. The zero-order valence-electron chi connectivity index (χ0n) is 29.8. The number of hydrogen-bond donors (Lipinski definition) is 6. The number of imidazole rings is 1. The molecule has 1 aliphatic carbocycles. The largest absolute Gasteiger partial charge is 0.389 e. The van der Waals surface area contributed by atoms with Crippen molar-refractivity contribution >= 4 is 31.7 Å². The molecule has 6 N–H and O–H groups in total. The van der Waals surface area contributed by atoms with E-state index >= 15 is 0 Å². The van der Waals surface area contributed by atoms with Crippen LogP contribution in [0.25, 0.3) is 0 Å². The van der Waals surface area contributed by atoms with Gasteiger partial charge in [0, 0.05) is 24.9 Å². The van der Waals surface area contributed by atoms with E-state index in [-0.39, 0.29) is 25.3 Å². The molecule has 1 unspecified atom stereocenters. The molecule has 5 atom stereocenters. The lowest BCUT2D eigenvalue weighted by Gasteiger charge is -2.33. The number of aromatic nitrogens is 2. The minimum Gasteiger partial charge on any atom is -0.389 e. The van der Waals surface area contributed by atoms with Crippen LogP contribution in [0.15, 0.2) is 42.9 Å². The molecule has 1 aliphatic rings. The number of benzene rings is 1. The molecule has 0 bridgehead atoms. The number of aliphatic hydroxyl groups is 2. The van der Waals surface area contributed by atoms with Crippen LogP contribution in [0.2, 0.25) is 0 Å². The maximum absolute atomic E-state index is 14.1. The van der Waals surface area contributed by atoms with E-state index in [2.05, 4.69) is 25.3 Å². The van der Waals surface area contributed by atoms with Gasteiger partial charge in [-0.15, -0.1) is 0 Å². The number of nitrogens with one attached hydrogen (secondary N) is 4. The number of sulfonamides is 1. The van der Waals surface area contributed by atoms with Gasteiger partial charge >= 0.3 is 0 Å². The second-order valence-corrected chi connectivity index (χ2v) is 19.2. The Labute approximate surface area is 297 Å². The first-order valence-electron chi connectivity index (χ1n) is 17.7. The molecular formula is C35H57N5O8S2. The van der Waals surface area contributed by atoms with E-state index in [9.17, 15) is 36.6 Å². The van der Waals surface area contributed by atoms with Crippen LogP contribution in [-0.4, -0.2) is 95.9 Å². The first kappa shape index (κ1) is 41.6. The number of sulfone groups is 1. The molecule has 1 heterocycles. The van der Waals surface area contributed by atoms with Gasteiger partial charge in [-0.2, -0.15) is 0 Å². The number of hydrogen-bond acceptors (Lipinski definition) is 9. The van der Waals surface area contributed by atoms with Crippen molar-refractivity contribution in [2.75, 3.05) is 18.1 Å². The molecule has 50 heavy (non-hydrogen) atoms. The van der Waals surface area contributed by atoms with Crippen LogP contribution in [0.5, 0.6) is 0 Å². The predicted octanol–water partition coefficient (Wildman–Crippen LogP) is 2.41. The van der Waals surface area contributed by atoms with Gasteiger partial charge in [0.15, 0.2) is 9.84 Å². The Balaban J connectivity index is 1.88. The molecule has 0 aliphatic heterocycles. The van der Waals surface area contributed by atoms with Crippen molar-refractivity contribution < 1.29 is 36.6 Å². The fourth-order valence-electron chi connectivity index (χ4n) is 6.16. The lowest BCUT2D eigenvalue weighted by Crippen LogP contribution is -2.57. The average molecular weight is 740 g/mol. The van der Waals surface area contributed by atoms with Gasteiger partial charge in [-0.25, -0.2) is 26.5 Å². The summed E-state index contributed by atoms with van der Waals surface area (Å²) in [6.45, 7) is 6.86. The smallest absolute Gasteiger partial charge is 0.243 e. The van der Waals surface area contributed by atoms with Gasteiger partial charge in [-0.1, -0.05) is 75.8 Å². The van der Waals surface area contributed by atoms with Crippen LogP contribution in [-0.2, 0) is 42.3 Å². The number of unbranched alkanes of at least 4 members (excludes halogenated alkanes) is 1. The number of carbonyl (C=O) groups excluding carboxylic acids is 2. The Bertz CT molecular complexity index is 1540. The van der Waals surface area contributed by atoms with E-state index in [0.717, 1.165) is 44.1 Å². The van der Waals surface area contributed by atoms with Crippen molar-refractivity contribution in [1.82, 2.24) is 25.3 Å². The van der Waals surface area contributed by atoms with Gasteiger partial charge in [0.05, 0.1) is 40.6 Å². The molecule has 0 saturated heterocycles. The summed E-state index contributed by atoms with van der Waals surface area (Å²) < 4.78 is 53.2. The van der Waals surface area contributed by atoms with Gasteiger partial charge in [-0.3, -0.25) is 9.59 Å². The molecule has 0 radical (unpaired) electrons. The van der Waals surface area contributed by atoms with Crippen molar-refractivity contribution in [1.29, 1.82) is 0 Å². The van der Waals surface area contributed by atoms with Gasteiger partial charge < -0.3 is 25.8 Å². The van der Waals surface area contributed by atoms with Crippen LogP contribution >= 0.6 is 0 Å². The number of H-pyrrole nitrogens is 1. The number of aliphatic hydroxyl groups excluding tert-OH is 2. The molecule has 1 saturated carbocycles. The molecule has 2 aromatic rings. The van der Waals surface area contributed by atoms with Crippen LogP contribution in [0.3, 0.4) is 0 Å². The Hall–Kier alpha value is -2.85. The van der Waals surface area contributed by atoms with Crippen molar-refractivity contribution in [3.8, 4) is 0 Å². The third-order valence-electron chi connectivity index (χ3n) is 9.35. The summed E-state index contributed by atoms with van der Waals surface area (Å²) in [7, 11) is -7.65. The molecule has 13 nitrogen and oxygen atoms in total. The molecule has 15 heteroatoms. The van der Waals surface area contributed by atoms with Gasteiger partial charge in [0.25, 0.3) is 0 Å². The molecule has 2 amide bonds. The molecule has 3 rings (SSSR count). The summed E-state index contributed by atoms with van der Waals surface area (Å²) in [5.41, 5.74) is 1.29. The molecule has 1 aromatic carbocycles. The molecular weight excluding hydrogens is 683 g/mol. The zero-order chi connectivity index (χ0) is 37.0. The van der Waals surface area contributed by atoms with Crippen molar-refractivity contribution in [2.45, 2.75) is 121 Å². The zero-order valence-corrected chi connectivity index (χ0v) is 31.4. The number of rotatable bonds is 20. The third-order valence-corrected chi connectivity index (χ3v) is 13.5. The van der Waals surface area contributed by atoms with Gasteiger partial charge in [-0.05, 0) is 51.5 Å². The average Bonchev–Trinajstić information content (AvgIpc) is 3.57. The van der Waals surface area contributed by atoms with Crippen LogP contribution in [0.1, 0.15) is 90.3 Å². The van der Waals surface area contributed by atoms with E-state index in [1.165, 1.54) is 12.5 Å². The third kappa shape index (κ3) is 13.4. The summed E-state index contributed by atoms with van der Waals surface area (Å²) in [6, 6.07) is 6.81. The quantitative estimate of drug-likeness (QED) is 0.110. The standard InChI is InChI=1S/C35H57N5O8S2/c1-5-6-17-38-50(47,48)23-31(41)32(42)29(19-26-15-11-8-12-16-26)39-34(44)30(20-28-21-36-24-37-28)40-33(43)27(18-25-13-9-7-10-14-25)22-49(45,46)35(2,3)4/h7,9-10,13-14,21,24,26-27,29-32,38,41-42H,5-6,8,11-12,15-20,22-23H2,1-4H3,(H,36,37)(H,39,44)(H,40,43)/t27?,29-,30+,31-,32+/m1/s1. The predicted molar refractivity (Wildman–Crippen MR) is 193 cm³/mol. The SMILES string of the molecule is CCCCNS(=O)(=O)C[C@@H](O)[C@@H](O)[C@@H](CC1CCCCC1)NC(=O)[C@H](Cc1cnc[nH]1)NC(=O)C(Cc1ccccc1)CS(=O)(=O)C(C)(C)C. The first-order chi connectivity index (χ1) is 23.5. The lowest BCUT2D eigenvalue weighted by atomic mass is 9.83. The maximum Gasteiger partial charge on any atom is 0.243 e. The fraction of sp³-hybridized carbons (Fsp3) is 0.686. The van der Waals surface area contributed by atoms with Crippen LogP contribution in [0.4, 0.5) is 0 Å². The number of nitrogens with zero attached hydrogens (tertiary/aromatic N) is 1. The van der Waals surface area contributed by atoms with E-state index in [0.29, 0.717) is 18.5 Å². The van der Waals surface area contributed by atoms with E-state index in [1.54, 1.807) is 45.0 Å². The van der Waals surface area contributed by atoms with E-state index in [1.807, 2.05) is 13.0 Å². The first-order valence-corrected chi connectivity index (χ1v) is 21.0. The number of aromatic amines is 1. The van der Waals surface area contributed by atoms with E-state index in [4.69, 9.17) is 0 Å². The number of carbonyl (C=O) groups is 2. The number of amides is 2. The topological polar surface area (TPSA) is 208 Å². The Morgan fingerprint density at radius 3 is 2.24 bits per heavy atom. The fourth-order valence-corrected chi connectivity index (χ4v) is 8.68. The van der Waals surface area contributed by atoms with Crippen molar-refractivity contribution in [2.24, 2.45) is 11.8 Å². The second kappa shape index (κ2) is 19.1. The highest BCUT2D eigenvalue weighted by atomic mass is 32.2. The highest BCUT2D eigenvalue weighted by Crippen LogP contribution is 2.29. The summed E-state index contributed by atoms with van der Waals surface area (Å²) in [5, 5.41) is 27.9. The van der Waals surface area contributed by atoms with Gasteiger partial charge in [0.2, 0.25) is 21.8 Å². The summed E-state index contributed by atoms with van der Waals surface area (Å²) in [4.78, 5) is 35.0. The maximum atomic E-state index is 14.1. The minimum atomic E-state index is -3.91.